The lowest BCUT2D eigenvalue weighted by Gasteiger charge is -2.12. The average Bonchev–Trinajstić information content (AvgIpc) is 2.32. The van der Waals surface area contributed by atoms with Crippen molar-refractivity contribution in [1.82, 2.24) is 0 Å². The molecule has 3 unspecified atom stereocenters. The van der Waals surface area contributed by atoms with Gasteiger partial charge >= 0.3 is 0 Å². The van der Waals surface area contributed by atoms with Crippen LogP contribution in [0.1, 0.15) is 33.6 Å². The molecular weight excluding hydrogens is 140 g/mol. The van der Waals surface area contributed by atoms with Crippen LogP contribution in [0.5, 0.6) is 0 Å². The number of rotatable bonds is 3. The minimum Gasteiger partial charge on any atom is -0.353 e. The van der Waals surface area contributed by atoms with E-state index in [1.165, 1.54) is 0 Å². The summed E-state index contributed by atoms with van der Waals surface area (Å²) in [4.78, 5) is 0. The first-order chi connectivity index (χ1) is 5.27. The molecule has 0 aromatic rings. The van der Waals surface area contributed by atoms with Gasteiger partial charge in [-0.15, -0.1) is 0 Å². The van der Waals surface area contributed by atoms with Crippen molar-refractivity contribution in [1.29, 1.82) is 0 Å². The summed E-state index contributed by atoms with van der Waals surface area (Å²) < 4.78 is 11.0. The highest BCUT2D eigenvalue weighted by Gasteiger charge is 2.30. The maximum Gasteiger partial charge on any atom is 0.158 e. The fourth-order valence-corrected chi connectivity index (χ4v) is 1.63. The van der Waals surface area contributed by atoms with E-state index < -0.39 is 0 Å². The highest BCUT2D eigenvalue weighted by atomic mass is 16.7. The highest BCUT2D eigenvalue weighted by molar-refractivity contribution is 4.73. The van der Waals surface area contributed by atoms with Crippen molar-refractivity contribution in [2.24, 2.45) is 5.92 Å². The van der Waals surface area contributed by atoms with Crippen LogP contribution in [0.4, 0.5) is 0 Å². The first kappa shape index (κ1) is 9.01. The van der Waals surface area contributed by atoms with Gasteiger partial charge in [0.2, 0.25) is 0 Å². The van der Waals surface area contributed by atoms with E-state index in [4.69, 9.17) is 9.47 Å². The van der Waals surface area contributed by atoms with E-state index in [9.17, 15) is 0 Å². The molecule has 1 heterocycles. The average molecular weight is 158 g/mol. The Morgan fingerprint density at radius 3 is 2.64 bits per heavy atom. The molecule has 1 saturated heterocycles. The second-order valence-electron chi connectivity index (χ2n) is 3.18. The molecule has 11 heavy (non-hydrogen) atoms. The lowest BCUT2D eigenvalue weighted by molar-refractivity contribution is -0.131. The summed E-state index contributed by atoms with van der Waals surface area (Å²) in [5.74, 6) is 0.663. The van der Waals surface area contributed by atoms with Crippen molar-refractivity contribution < 1.29 is 9.47 Å². The Bertz CT molecular complexity index is 114. The van der Waals surface area contributed by atoms with Gasteiger partial charge in [-0.3, -0.25) is 0 Å². The summed E-state index contributed by atoms with van der Waals surface area (Å²) in [7, 11) is 0. The monoisotopic (exact) mass is 158 g/mol. The summed E-state index contributed by atoms with van der Waals surface area (Å²) in [6.07, 6.45) is 2.66. The largest absolute Gasteiger partial charge is 0.353 e. The van der Waals surface area contributed by atoms with Gasteiger partial charge in [-0.2, -0.15) is 0 Å². The third-order valence-electron chi connectivity index (χ3n) is 2.28. The highest BCUT2D eigenvalue weighted by Crippen LogP contribution is 2.28. The van der Waals surface area contributed by atoms with Crippen LogP contribution in [-0.2, 0) is 9.47 Å². The smallest absolute Gasteiger partial charge is 0.158 e. The van der Waals surface area contributed by atoms with E-state index in [2.05, 4.69) is 13.8 Å². The van der Waals surface area contributed by atoms with Crippen molar-refractivity contribution in [2.45, 2.75) is 46.0 Å². The predicted molar refractivity (Wildman–Crippen MR) is 44.4 cm³/mol. The molecule has 66 valence electrons. The summed E-state index contributed by atoms with van der Waals surface area (Å²) >= 11 is 0. The van der Waals surface area contributed by atoms with Gasteiger partial charge in [-0.25, -0.2) is 0 Å². The molecule has 2 nitrogen and oxygen atoms in total. The topological polar surface area (TPSA) is 18.5 Å². The van der Waals surface area contributed by atoms with Gasteiger partial charge in [0, 0.05) is 13.0 Å². The third kappa shape index (κ3) is 2.17. The van der Waals surface area contributed by atoms with Crippen molar-refractivity contribution in [3.8, 4) is 0 Å². The first-order valence-corrected chi connectivity index (χ1v) is 4.55. The van der Waals surface area contributed by atoms with Crippen molar-refractivity contribution in [2.75, 3.05) is 6.61 Å². The van der Waals surface area contributed by atoms with Crippen LogP contribution in [0.25, 0.3) is 0 Å². The van der Waals surface area contributed by atoms with Crippen LogP contribution >= 0.6 is 0 Å². The van der Waals surface area contributed by atoms with Gasteiger partial charge in [-0.1, -0.05) is 13.8 Å². The van der Waals surface area contributed by atoms with E-state index in [1.807, 2.05) is 6.92 Å². The molecule has 0 saturated carbocycles. The minimum absolute atomic E-state index is 0.0694. The zero-order valence-corrected chi connectivity index (χ0v) is 7.67. The molecular formula is C9H18O2. The summed E-state index contributed by atoms with van der Waals surface area (Å²) in [5, 5.41) is 0. The van der Waals surface area contributed by atoms with Crippen LogP contribution in [0.3, 0.4) is 0 Å². The van der Waals surface area contributed by atoms with E-state index in [-0.39, 0.29) is 6.29 Å². The SMILES string of the molecule is CCOC1CC(C)C(CC)O1. The van der Waals surface area contributed by atoms with Crippen LogP contribution in [0.15, 0.2) is 0 Å². The minimum atomic E-state index is 0.0694. The van der Waals surface area contributed by atoms with Crippen LogP contribution in [0.2, 0.25) is 0 Å². The lowest BCUT2D eigenvalue weighted by Crippen LogP contribution is -2.14. The lowest BCUT2D eigenvalue weighted by atomic mass is 10.0. The standard InChI is InChI=1S/C9H18O2/c1-4-8-7(3)6-9(11-8)10-5-2/h7-9H,4-6H2,1-3H3. The molecule has 1 rings (SSSR count). The molecule has 0 spiro atoms. The third-order valence-corrected chi connectivity index (χ3v) is 2.28. The van der Waals surface area contributed by atoms with Gasteiger partial charge in [0.05, 0.1) is 6.10 Å². The molecule has 1 aliphatic heterocycles. The molecule has 0 amide bonds. The van der Waals surface area contributed by atoms with Gasteiger partial charge < -0.3 is 9.47 Å². The fourth-order valence-electron chi connectivity index (χ4n) is 1.63. The number of hydrogen-bond acceptors (Lipinski definition) is 2. The van der Waals surface area contributed by atoms with E-state index >= 15 is 0 Å². The Kier molecular flexibility index (Phi) is 3.34. The summed E-state index contributed by atoms with van der Waals surface area (Å²) in [6.45, 7) is 7.16. The maximum absolute atomic E-state index is 5.64. The van der Waals surface area contributed by atoms with Gasteiger partial charge in [-0.05, 0) is 19.3 Å². The zero-order chi connectivity index (χ0) is 8.27. The quantitative estimate of drug-likeness (QED) is 0.626. The van der Waals surface area contributed by atoms with Gasteiger partial charge in [0.15, 0.2) is 6.29 Å². The predicted octanol–water partition coefficient (Wildman–Crippen LogP) is 2.18. The molecule has 2 heteroatoms. The molecule has 1 fully saturated rings. The van der Waals surface area contributed by atoms with Crippen molar-refractivity contribution >= 4 is 0 Å². The van der Waals surface area contributed by atoms with Crippen LogP contribution in [0, 0.1) is 5.92 Å². The van der Waals surface area contributed by atoms with E-state index in [1.54, 1.807) is 0 Å². The van der Waals surface area contributed by atoms with Crippen molar-refractivity contribution in [3.63, 3.8) is 0 Å². The Morgan fingerprint density at radius 1 is 1.45 bits per heavy atom. The molecule has 0 N–H and O–H groups in total. The van der Waals surface area contributed by atoms with Crippen LogP contribution < -0.4 is 0 Å². The number of hydrogen-bond donors (Lipinski definition) is 0. The molecule has 0 radical (unpaired) electrons. The molecule has 0 aromatic heterocycles. The van der Waals surface area contributed by atoms with Crippen molar-refractivity contribution in [3.05, 3.63) is 0 Å². The summed E-state index contributed by atoms with van der Waals surface area (Å²) in [6, 6.07) is 0. The normalized spacial score (nSPS) is 37.9. The zero-order valence-electron chi connectivity index (χ0n) is 7.67. The maximum atomic E-state index is 5.64. The van der Waals surface area contributed by atoms with Crippen LogP contribution in [-0.4, -0.2) is 19.0 Å². The summed E-state index contributed by atoms with van der Waals surface area (Å²) in [5.41, 5.74) is 0. The van der Waals surface area contributed by atoms with Gasteiger partial charge in [0.25, 0.3) is 0 Å². The fraction of sp³-hybridized carbons (Fsp3) is 1.00. The molecule has 0 aromatic carbocycles. The number of ether oxygens (including phenoxy) is 2. The van der Waals surface area contributed by atoms with E-state index in [0.29, 0.717) is 12.0 Å². The second kappa shape index (κ2) is 4.07. The Hall–Kier alpha value is -0.0800. The first-order valence-electron chi connectivity index (χ1n) is 4.55. The van der Waals surface area contributed by atoms with E-state index in [0.717, 1.165) is 19.4 Å². The second-order valence-corrected chi connectivity index (χ2v) is 3.18. The molecule has 1 aliphatic rings. The molecule has 0 aliphatic carbocycles. The molecule has 3 atom stereocenters. The Morgan fingerprint density at radius 2 is 2.18 bits per heavy atom. The molecule has 0 bridgehead atoms. The Labute approximate surface area is 68.9 Å². The Balaban J connectivity index is 2.30. The van der Waals surface area contributed by atoms with Gasteiger partial charge in [0.1, 0.15) is 0 Å².